The normalized spacial score (nSPS) is 14.9. The average molecular weight is 408 g/mol. The number of carboxylic acids is 1. The van der Waals surface area contributed by atoms with E-state index in [1.807, 2.05) is 6.07 Å². The molecule has 0 radical (unpaired) electrons. The van der Waals surface area contributed by atoms with E-state index in [-0.39, 0.29) is 47.2 Å². The second kappa shape index (κ2) is 10.5. The highest BCUT2D eigenvalue weighted by atomic mass is 127. The lowest BCUT2D eigenvalue weighted by Crippen LogP contribution is -3.00. The molecule has 0 aliphatic rings. The van der Waals surface area contributed by atoms with E-state index in [9.17, 15) is 4.79 Å². The summed E-state index contributed by atoms with van der Waals surface area (Å²) >= 11 is 0. The van der Waals surface area contributed by atoms with E-state index in [1.165, 1.54) is 17.7 Å². The summed E-state index contributed by atoms with van der Waals surface area (Å²) in [5.74, 6) is -0.448. The molecule has 0 amide bonds. The van der Waals surface area contributed by atoms with Crippen LogP contribution in [0.4, 0.5) is 0 Å². The fourth-order valence-electron chi connectivity index (χ4n) is 2.43. The molecular formula is C16H25IO2S. The average Bonchev–Trinajstić information content (AvgIpc) is 2.39. The van der Waals surface area contributed by atoms with Crippen LogP contribution >= 0.6 is 0 Å². The topological polar surface area (TPSA) is 37.3 Å². The van der Waals surface area contributed by atoms with Crippen LogP contribution in [0.2, 0.25) is 0 Å². The summed E-state index contributed by atoms with van der Waals surface area (Å²) in [5.41, 5.74) is 0. The molecule has 1 unspecified atom stereocenters. The summed E-state index contributed by atoms with van der Waals surface area (Å²) < 4.78 is 0. The predicted octanol–water partition coefficient (Wildman–Crippen LogP) is 0.967. The van der Waals surface area contributed by atoms with E-state index in [2.05, 4.69) is 44.4 Å². The Morgan fingerprint density at radius 3 is 2.40 bits per heavy atom. The molecule has 0 fully saturated rings. The van der Waals surface area contributed by atoms with Crippen molar-refractivity contribution >= 4 is 16.9 Å². The molecule has 0 bridgehead atoms. The zero-order valence-electron chi connectivity index (χ0n) is 12.5. The van der Waals surface area contributed by atoms with Crippen molar-refractivity contribution in [3.63, 3.8) is 0 Å². The highest BCUT2D eigenvalue weighted by Gasteiger charge is 2.33. The van der Waals surface area contributed by atoms with Crippen LogP contribution in [-0.4, -0.2) is 22.6 Å². The molecule has 1 aromatic rings. The second-order valence-electron chi connectivity index (χ2n) is 5.13. The van der Waals surface area contributed by atoms with E-state index in [0.717, 1.165) is 6.42 Å². The van der Waals surface area contributed by atoms with Crippen molar-refractivity contribution in [3.05, 3.63) is 30.3 Å². The minimum Gasteiger partial charge on any atom is -1.00 e. The Morgan fingerprint density at radius 2 is 1.90 bits per heavy atom. The number of halogens is 1. The summed E-state index contributed by atoms with van der Waals surface area (Å²) in [4.78, 5) is 12.3. The van der Waals surface area contributed by atoms with Gasteiger partial charge in [-0.25, -0.2) is 0 Å². The maximum Gasteiger partial charge on any atom is 0.303 e. The van der Waals surface area contributed by atoms with Gasteiger partial charge in [-0.2, -0.15) is 0 Å². The number of aliphatic carboxylic acids is 1. The van der Waals surface area contributed by atoms with Gasteiger partial charge >= 0.3 is 5.97 Å². The van der Waals surface area contributed by atoms with Crippen LogP contribution in [0.15, 0.2) is 35.2 Å². The quantitative estimate of drug-likeness (QED) is 0.514. The van der Waals surface area contributed by atoms with Gasteiger partial charge in [-0.1, -0.05) is 38.5 Å². The zero-order valence-corrected chi connectivity index (χ0v) is 15.5. The molecule has 3 atom stereocenters. The van der Waals surface area contributed by atoms with Gasteiger partial charge in [-0.3, -0.25) is 4.79 Å². The summed E-state index contributed by atoms with van der Waals surface area (Å²) in [7, 11) is 0.117. The lowest BCUT2D eigenvalue weighted by atomic mass is 9.99. The van der Waals surface area contributed by atoms with Gasteiger partial charge in [-0.05, 0) is 25.0 Å². The number of carboxylic acid groups (broad SMARTS) is 1. The van der Waals surface area contributed by atoms with Gasteiger partial charge in [0.15, 0.2) is 4.90 Å². The van der Waals surface area contributed by atoms with Gasteiger partial charge in [0.1, 0.15) is 11.5 Å². The third-order valence-electron chi connectivity index (χ3n) is 3.54. The Morgan fingerprint density at radius 1 is 1.30 bits per heavy atom. The van der Waals surface area contributed by atoms with Crippen LogP contribution in [0.5, 0.6) is 0 Å². The number of rotatable bonds is 8. The summed E-state index contributed by atoms with van der Waals surface area (Å²) in [6, 6.07) is 10.5. The lowest BCUT2D eigenvalue weighted by molar-refractivity contribution is -0.137. The fourth-order valence-corrected chi connectivity index (χ4v) is 4.68. The molecule has 1 rings (SSSR count). The van der Waals surface area contributed by atoms with Crippen molar-refractivity contribution in [1.29, 1.82) is 0 Å². The van der Waals surface area contributed by atoms with Crippen LogP contribution in [-0.2, 0) is 15.7 Å². The highest BCUT2D eigenvalue weighted by Crippen LogP contribution is 2.27. The summed E-state index contributed by atoms with van der Waals surface area (Å²) in [5, 5.41) is 9.48. The van der Waals surface area contributed by atoms with Crippen molar-refractivity contribution in [1.82, 2.24) is 0 Å². The minimum absolute atomic E-state index is 0. The summed E-state index contributed by atoms with van der Waals surface area (Å²) in [6.45, 7) is 4.27. The highest BCUT2D eigenvalue weighted by molar-refractivity contribution is 7.96. The maximum atomic E-state index is 11.0. The van der Waals surface area contributed by atoms with E-state index >= 15 is 0 Å². The molecular weight excluding hydrogens is 383 g/mol. The standard InChI is InChI=1S/C16H24O2S.HI/c1-4-5-11-15(13(2)12-16(17)18)19(3)14-9-7-6-8-10-14;/h6-10,13,15H,4-5,11-12H2,1-3H3;1H/t13-,15-,19?;/m0./s1. The third kappa shape index (κ3) is 6.48. The zero-order chi connectivity index (χ0) is 14.3. The monoisotopic (exact) mass is 408 g/mol. The Balaban J connectivity index is 0.00000361. The molecule has 0 saturated carbocycles. The van der Waals surface area contributed by atoms with E-state index in [0.29, 0.717) is 5.25 Å². The van der Waals surface area contributed by atoms with Crippen molar-refractivity contribution < 1.29 is 33.9 Å². The summed E-state index contributed by atoms with van der Waals surface area (Å²) in [6.07, 6.45) is 6.01. The second-order valence-corrected chi connectivity index (χ2v) is 7.32. The largest absolute Gasteiger partial charge is 1.00 e. The number of hydrogen-bond donors (Lipinski definition) is 1. The third-order valence-corrected chi connectivity index (χ3v) is 6.17. The minimum atomic E-state index is -0.681. The molecule has 114 valence electrons. The van der Waals surface area contributed by atoms with Crippen LogP contribution < -0.4 is 24.0 Å². The van der Waals surface area contributed by atoms with Crippen molar-refractivity contribution in [2.75, 3.05) is 6.26 Å². The molecule has 0 aliphatic heterocycles. The Bertz CT molecular complexity index is 383. The molecule has 1 N–H and O–H groups in total. The molecule has 0 aliphatic carbocycles. The molecule has 2 nitrogen and oxygen atoms in total. The van der Waals surface area contributed by atoms with Crippen molar-refractivity contribution in [3.8, 4) is 0 Å². The molecule has 20 heavy (non-hydrogen) atoms. The van der Waals surface area contributed by atoms with Crippen molar-refractivity contribution in [2.24, 2.45) is 5.92 Å². The van der Waals surface area contributed by atoms with Gasteiger partial charge in [0, 0.05) is 16.8 Å². The first-order valence-electron chi connectivity index (χ1n) is 6.97. The van der Waals surface area contributed by atoms with Crippen LogP contribution in [0.3, 0.4) is 0 Å². The Hall–Kier alpha value is -0.230. The molecule has 0 saturated heterocycles. The molecule has 0 heterocycles. The maximum absolute atomic E-state index is 11.0. The molecule has 0 aromatic heterocycles. The lowest BCUT2D eigenvalue weighted by Gasteiger charge is -2.21. The predicted molar refractivity (Wildman–Crippen MR) is 82.7 cm³/mol. The molecule has 0 spiro atoms. The smallest absolute Gasteiger partial charge is 0.303 e. The first kappa shape index (κ1) is 19.8. The number of carbonyl (C=O) groups is 1. The van der Waals surface area contributed by atoms with E-state index < -0.39 is 5.97 Å². The van der Waals surface area contributed by atoms with Gasteiger partial charge in [0.25, 0.3) is 0 Å². The molecule has 1 aromatic carbocycles. The van der Waals surface area contributed by atoms with E-state index in [1.54, 1.807) is 0 Å². The molecule has 4 heteroatoms. The van der Waals surface area contributed by atoms with Crippen molar-refractivity contribution in [2.45, 2.75) is 49.7 Å². The number of unbranched alkanes of at least 4 members (excludes halogenated alkanes) is 1. The van der Waals surface area contributed by atoms with Gasteiger partial charge < -0.3 is 29.1 Å². The van der Waals surface area contributed by atoms with Crippen LogP contribution in [0.1, 0.15) is 39.5 Å². The van der Waals surface area contributed by atoms with Gasteiger partial charge in [0.2, 0.25) is 0 Å². The van der Waals surface area contributed by atoms with Crippen LogP contribution in [0.25, 0.3) is 0 Å². The van der Waals surface area contributed by atoms with Gasteiger partial charge in [-0.15, -0.1) is 0 Å². The Kier molecular flexibility index (Phi) is 10.4. The number of benzene rings is 1. The Labute approximate surface area is 142 Å². The van der Waals surface area contributed by atoms with Crippen LogP contribution in [0, 0.1) is 5.92 Å². The van der Waals surface area contributed by atoms with E-state index in [4.69, 9.17) is 5.11 Å². The van der Waals surface area contributed by atoms with Gasteiger partial charge in [0.05, 0.1) is 6.42 Å². The SMILES string of the molecule is CCCC[C@@H]([C@@H](C)CC(=O)O)[S+](C)c1ccccc1.[I-]. The first-order valence-corrected chi connectivity index (χ1v) is 8.67. The first-order chi connectivity index (χ1) is 9.06. The number of hydrogen-bond acceptors (Lipinski definition) is 1. The fraction of sp³-hybridized carbons (Fsp3) is 0.562.